The van der Waals surface area contributed by atoms with E-state index in [4.69, 9.17) is 0 Å². The smallest absolute Gasteiger partial charge is 0.282 e. The Morgan fingerprint density at radius 1 is 1.39 bits per heavy atom. The predicted molar refractivity (Wildman–Crippen MR) is 66.7 cm³/mol. The van der Waals surface area contributed by atoms with Crippen LogP contribution in [0.15, 0.2) is 24.7 Å². The standard InChI is InChI=1S/C12H14N4O2/c1-3-4-10-13-7-8-15(10)12-11(16(17)18)9(2)5-6-14-12/h5-8H,3-4H2,1-2H3. The minimum atomic E-state index is -0.395. The van der Waals surface area contributed by atoms with Crippen LogP contribution in [0.4, 0.5) is 5.69 Å². The third-order valence-corrected chi connectivity index (χ3v) is 2.71. The molecule has 0 aliphatic carbocycles. The van der Waals surface area contributed by atoms with E-state index in [0.717, 1.165) is 18.7 Å². The van der Waals surface area contributed by atoms with Gasteiger partial charge in [-0.25, -0.2) is 9.97 Å². The molecule has 0 atom stereocenters. The summed E-state index contributed by atoms with van der Waals surface area (Å²) in [5.41, 5.74) is 0.633. The summed E-state index contributed by atoms with van der Waals surface area (Å²) in [5, 5.41) is 11.1. The molecule has 0 amide bonds. The predicted octanol–water partition coefficient (Wildman–Crippen LogP) is 2.44. The van der Waals surface area contributed by atoms with Crippen molar-refractivity contribution in [2.24, 2.45) is 0 Å². The molecule has 2 aromatic rings. The molecule has 6 heteroatoms. The van der Waals surface area contributed by atoms with Gasteiger partial charge in [-0.2, -0.15) is 0 Å². The molecule has 0 saturated heterocycles. The summed E-state index contributed by atoms with van der Waals surface area (Å²) < 4.78 is 1.69. The second-order valence-corrected chi connectivity index (χ2v) is 4.02. The minimum Gasteiger partial charge on any atom is -0.282 e. The topological polar surface area (TPSA) is 73.8 Å². The van der Waals surface area contributed by atoms with Gasteiger partial charge in [-0.3, -0.25) is 14.7 Å². The number of nitrogens with zero attached hydrogens (tertiary/aromatic N) is 4. The molecule has 0 N–H and O–H groups in total. The van der Waals surface area contributed by atoms with Crippen LogP contribution in [0.2, 0.25) is 0 Å². The van der Waals surface area contributed by atoms with Crippen LogP contribution in [0.25, 0.3) is 5.82 Å². The highest BCUT2D eigenvalue weighted by atomic mass is 16.6. The van der Waals surface area contributed by atoms with Gasteiger partial charge >= 0.3 is 5.69 Å². The van der Waals surface area contributed by atoms with E-state index in [-0.39, 0.29) is 5.69 Å². The lowest BCUT2D eigenvalue weighted by Gasteiger charge is -2.07. The number of hydrogen-bond acceptors (Lipinski definition) is 4. The summed E-state index contributed by atoms with van der Waals surface area (Å²) in [6.45, 7) is 3.75. The van der Waals surface area contributed by atoms with E-state index in [2.05, 4.69) is 9.97 Å². The molecule has 2 rings (SSSR count). The highest BCUT2D eigenvalue weighted by Gasteiger charge is 2.21. The number of pyridine rings is 1. The van der Waals surface area contributed by atoms with Gasteiger partial charge in [-0.15, -0.1) is 0 Å². The monoisotopic (exact) mass is 246 g/mol. The average molecular weight is 246 g/mol. The first kappa shape index (κ1) is 12.2. The van der Waals surface area contributed by atoms with E-state index < -0.39 is 4.92 Å². The lowest BCUT2D eigenvalue weighted by atomic mass is 10.2. The third kappa shape index (κ3) is 2.09. The quantitative estimate of drug-likeness (QED) is 0.613. The van der Waals surface area contributed by atoms with Gasteiger partial charge in [-0.1, -0.05) is 6.92 Å². The van der Waals surface area contributed by atoms with E-state index >= 15 is 0 Å². The lowest BCUT2D eigenvalue weighted by Crippen LogP contribution is -2.07. The Labute approximate surface area is 104 Å². The molecule has 0 aromatic carbocycles. The Morgan fingerprint density at radius 2 is 2.17 bits per heavy atom. The van der Waals surface area contributed by atoms with Crippen molar-refractivity contribution >= 4 is 5.69 Å². The van der Waals surface area contributed by atoms with Crippen LogP contribution in [0, 0.1) is 17.0 Å². The van der Waals surface area contributed by atoms with E-state index in [1.807, 2.05) is 6.92 Å². The summed E-state index contributed by atoms with van der Waals surface area (Å²) in [6.07, 6.45) is 6.61. The zero-order valence-corrected chi connectivity index (χ0v) is 10.3. The molecular formula is C12H14N4O2. The average Bonchev–Trinajstić information content (AvgIpc) is 2.76. The molecule has 0 radical (unpaired) electrons. The molecule has 0 bridgehead atoms. The Kier molecular flexibility index (Phi) is 3.36. The Bertz CT molecular complexity index is 577. The molecule has 2 aromatic heterocycles. The first-order valence-corrected chi connectivity index (χ1v) is 5.77. The molecule has 2 heterocycles. The van der Waals surface area contributed by atoms with Crippen LogP contribution in [-0.4, -0.2) is 19.5 Å². The highest BCUT2D eigenvalue weighted by molar-refractivity contribution is 5.52. The van der Waals surface area contributed by atoms with Crippen LogP contribution in [0.5, 0.6) is 0 Å². The van der Waals surface area contributed by atoms with Gasteiger partial charge in [0.2, 0.25) is 5.82 Å². The molecule has 18 heavy (non-hydrogen) atoms. The maximum Gasteiger partial charge on any atom is 0.315 e. The minimum absolute atomic E-state index is 0.0350. The third-order valence-electron chi connectivity index (χ3n) is 2.71. The Hall–Kier alpha value is -2.24. The van der Waals surface area contributed by atoms with Crippen LogP contribution in [0.1, 0.15) is 24.7 Å². The number of aromatic nitrogens is 3. The molecule has 0 fully saturated rings. The fraction of sp³-hybridized carbons (Fsp3) is 0.333. The van der Waals surface area contributed by atoms with Crippen molar-refractivity contribution < 1.29 is 4.92 Å². The van der Waals surface area contributed by atoms with Gasteiger partial charge in [0, 0.05) is 30.6 Å². The van der Waals surface area contributed by atoms with Crippen molar-refractivity contribution in [1.82, 2.24) is 14.5 Å². The summed E-state index contributed by atoms with van der Waals surface area (Å²) in [5.74, 6) is 1.12. The van der Waals surface area contributed by atoms with Crippen LogP contribution in [0.3, 0.4) is 0 Å². The van der Waals surface area contributed by atoms with Crippen molar-refractivity contribution in [2.45, 2.75) is 26.7 Å². The summed E-state index contributed by atoms with van der Waals surface area (Å²) in [7, 11) is 0. The number of hydrogen-bond donors (Lipinski definition) is 0. The molecule has 0 aliphatic heterocycles. The fourth-order valence-electron chi connectivity index (χ4n) is 1.87. The molecule has 6 nitrogen and oxygen atoms in total. The van der Waals surface area contributed by atoms with Gasteiger partial charge in [0.1, 0.15) is 5.82 Å². The second kappa shape index (κ2) is 4.95. The Balaban J connectivity index is 2.60. The first-order valence-electron chi connectivity index (χ1n) is 5.77. The summed E-state index contributed by atoms with van der Waals surface area (Å²) in [6, 6.07) is 1.64. The largest absolute Gasteiger partial charge is 0.315 e. The second-order valence-electron chi connectivity index (χ2n) is 4.02. The van der Waals surface area contributed by atoms with Gasteiger partial charge in [0.25, 0.3) is 0 Å². The zero-order valence-electron chi connectivity index (χ0n) is 10.3. The van der Waals surface area contributed by atoms with Crippen LogP contribution < -0.4 is 0 Å². The maximum atomic E-state index is 11.1. The Morgan fingerprint density at radius 3 is 2.83 bits per heavy atom. The van der Waals surface area contributed by atoms with E-state index in [0.29, 0.717) is 11.4 Å². The zero-order chi connectivity index (χ0) is 13.1. The number of imidazole rings is 1. The van der Waals surface area contributed by atoms with Crippen LogP contribution in [-0.2, 0) is 6.42 Å². The van der Waals surface area contributed by atoms with Crippen molar-refractivity contribution in [3.63, 3.8) is 0 Å². The van der Waals surface area contributed by atoms with E-state index in [9.17, 15) is 10.1 Å². The maximum absolute atomic E-state index is 11.1. The fourth-order valence-corrected chi connectivity index (χ4v) is 1.87. The van der Waals surface area contributed by atoms with Crippen molar-refractivity contribution in [1.29, 1.82) is 0 Å². The first-order chi connectivity index (χ1) is 8.65. The van der Waals surface area contributed by atoms with Crippen molar-refractivity contribution in [3.8, 4) is 5.82 Å². The van der Waals surface area contributed by atoms with Crippen molar-refractivity contribution in [3.05, 3.63) is 46.2 Å². The van der Waals surface area contributed by atoms with Gasteiger partial charge < -0.3 is 0 Å². The number of rotatable bonds is 4. The molecule has 0 aliphatic rings. The number of aryl methyl sites for hydroxylation is 2. The van der Waals surface area contributed by atoms with E-state index in [1.54, 1.807) is 36.1 Å². The van der Waals surface area contributed by atoms with Crippen molar-refractivity contribution in [2.75, 3.05) is 0 Å². The van der Waals surface area contributed by atoms with Crippen LogP contribution >= 0.6 is 0 Å². The molecule has 0 spiro atoms. The summed E-state index contributed by atoms with van der Waals surface area (Å²) >= 11 is 0. The molecule has 0 saturated carbocycles. The van der Waals surface area contributed by atoms with Gasteiger partial charge in [-0.05, 0) is 19.4 Å². The molecule has 94 valence electrons. The summed E-state index contributed by atoms with van der Waals surface area (Å²) in [4.78, 5) is 19.1. The highest BCUT2D eigenvalue weighted by Crippen LogP contribution is 2.25. The van der Waals surface area contributed by atoms with Gasteiger partial charge in [0.05, 0.1) is 4.92 Å². The SMILES string of the molecule is CCCc1nccn1-c1nccc(C)c1[N+](=O)[O-]. The van der Waals surface area contributed by atoms with E-state index in [1.165, 1.54) is 0 Å². The van der Waals surface area contributed by atoms with Gasteiger partial charge in [0.15, 0.2) is 0 Å². The molecular weight excluding hydrogens is 232 g/mol. The normalized spacial score (nSPS) is 10.6. The lowest BCUT2D eigenvalue weighted by molar-refractivity contribution is -0.385. The molecule has 0 unspecified atom stereocenters. The number of nitro groups is 1.